The Labute approximate surface area is 170 Å². The van der Waals surface area contributed by atoms with Crippen LogP contribution in [0, 0.1) is 5.82 Å². The summed E-state index contributed by atoms with van der Waals surface area (Å²) in [5.41, 5.74) is 3.11. The van der Waals surface area contributed by atoms with Crippen molar-refractivity contribution in [2.24, 2.45) is 0 Å². The largest absolute Gasteiger partial charge is 0.358 e. The van der Waals surface area contributed by atoms with Crippen molar-refractivity contribution in [1.82, 2.24) is 14.7 Å². The molecule has 4 rings (SSSR count). The number of benzene rings is 1. The molecule has 29 heavy (non-hydrogen) atoms. The lowest BCUT2D eigenvalue weighted by Gasteiger charge is -2.29. The first kappa shape index (κ1) is 20.0. The molecule has 2 heterocycles. The highest BCUT2D eigenvalue weighted by atomic mass is 32.2. The van der Waals surface area contributed by atoms with Gasteiger partial charge in [-0.25, -0.2) is 17.5 Å². The Hall–Kier alpha value is -2.25. The van der Waals surface area contributed by atoms with E-state index in [0.29, 0.717) is 17.2 Å². The van der Waals surface area contributed by atoms with Crippen LogP contribution in [0.15, 0.2) is 42.6 Å². The Balaban J connectivity index is 1.56. The Morgan fingerprint density at radius 3 is 2.55 bits per heavy atom. The number of aromatic nitrogens is 2. The summed E-state index contributed by atoms with van der Waals surface area (Å²) < 4.78 is 41.7. The third kappa shape index (κ3) is 4.07. The lowest BCUT2D eigenvalue weighted by atomic mass is 9.84. The second-order valence-corrected chi connectivity index (χ2v) is 10.4. The molecule has 1 saturated carbocycles. The Morgan fingerprint density at radius 1 is 1.14 bits per heavy atom. The van der Waals surface area contributed by atoms with Crippen molar-refractivity contribution in [2.75, 3.05) is 0 Å². The zero-order valence-corrected chi connectivity index (χ0v) is 17.5. The highest BCUT2D eigenvalue weighted by molar-refractivity contribution is 7.90. The van der Waals surface area contributed by atoms with Crippen LogP contribution in [0.1, 0.15) is 51.1 Å². The highest BCUT2D eigenvalue weighted by Gasteiger charge is 2.28. The zero-order valence-electron chi connectivity index (χ0n) is 16.7. The Kier molecular flexibility index (Phi) is 5.44. The van der Waals surface area contributed by atoms with Crippen molar-refractivity contribution in [2.45, 2.75) is 56.7 Å². The van der Waals surface area contributed by atoms with Gasteiger partial charge >= 0.3 is 0 Å². The van der Waals surface area contributed by atoms with Gasteiger partial charge in [-0.3, -0.25) is 4.98 Å². The molecular formula is C22H26FN3O2S. The molecule has 1 fully saturated rings. The molecule has 5 nitrogen and oxygen atoms in total. The Bertz CT molecular complexity index is 1100. The number of aromatic amines is 1. The number of fused-ring (bicyclic) bond motifs is 1. The van der Waals surface area contributed by atoms with Gasteiger partial charge in [-0.05, 0) is 75.8 Å². The van der Waals surface area contributed by atoms with E-state index in [2.05, 4.69) is 14.7 Å². The number of pyridine rings is 1. The van der Waals surface area contributed by atoms with Crippen LogP contribution in [0.5, 0.6) is 0 Å². The van der Waals surface area contributed by atoms with Crippen LogP contribution in [0.2, 0.25) is 0 Å². The van der Waals surface area contributed by atoms with E-state index in [1.807, 2.05) is 24.3 Å². The van der Waals surface area contributed by atoms with E-state index in [4.69, 9.17) is 0 Å². The summed E-state index contributed by atoms with van der Waals surface area (Å²) >= 11 is 0. The minimum absolute atomic E-state index is 0.00967. The van der Waals surface area contributed by atoms with Crippen LogP contribution in [0.4, 0.5) is 4.39 Å². The molecule has 1 aliphatic carbocycles. The van der Waals surface area contributed by atoms with Crippen molar-refractivity contribution in [3.8, 4) is 11.3 Å². The highest BCUT2D eigenvalue weighted by Crippen LogP contribution is 2.37. The Morgan fingerprint density at radius 2 is 1.90 bits per heavy atom. The van der Waals surface area contributed by atoms with E-state index in [1.54, 1.807) is 26.1 Å². The molecule has 2 aromatic heterocycles. The van der Waals surface area contributed by atoms with Crippen LogP contribution in [0.3, 0.4) is 0 Å². The van der Waals surface area contributed by atoms with Gasteiger partial charge in [-0.1, -0.05) is 6.07 Å². The van der Waals surface area contributed by atoms with Gasteiger partial charge in [0.2, 0.25) is 10.0 Å². The molecule has 0 spiro atoms. The normalized spacial score (nSPS) is 20.4. The quantitative estimate of drug-likeness (QED) is 0.633. The van der Waals surface area contributed by atoms with Crippen LogP contribution in [-0.4, -0.2) is 29.7 Å². The predicted octanol–water partition coefficient (Wildman–Crippen LogP) is 4.72. The summed E-state index contributed by atoms with van der Waals surface area (Å²) in [5.74, 6) is 0.0235. The topological polar surface area (TPSA) is 74.8 Å². The van der Waals surface area contributed by atoms with Crippen molar-refractivity contribution in [1.29, 1.82) is 0 Å². The van der Waals surface area contributed by atoms with Crippen LogP contribution in [-0.2, 0) is 10.0 Å². The molecule has 0 radical (unpaired) electrons. The second kappa shape index (κ2) is 7.88. The van der Waals surface area contributed by atoms with Crippen LogP contribution in [0.25, 0.3) is 22.2 Å². The molecular weight excluding hydrogens is 389 g/mol. The molecule has 0 saturated heterocycles. The molecule has 2 N–H and O–H groups in total. The molecule has 0 amide bonds. The lowest BCUT2D eigenvalue weighted by Crippen LogP contribution is -2.40. The second-order valence-electron chi connectivity index (χ2n) is 8.08. The molecule has 1 aromatic carbocycles. The first-order chi connectivity index (χ1) is 13.8. The number of hydrogen-bond donors (Lipinski definition) is 2. The maximum atomic E-state index is 14.6. The fourth-order valence-corrected chi connectivity index (χ4v) is 5.05. The minimum Gasteiger partial charge on any atom is -0.358 e. The molecule has 3 aromatic rings. The molecule has 7 heteroatoms. The number of rotatable bonds is 5. The average molecular weight is 416 g/mol. The SMILES string of the molecule is CC(C)S(=O)(=O)N[C@H]1CC[C@H](c2cc3c(-c4ccccn4)c(F)ccc3[nH]2)CC1. The van der Waals surface area contributed by atoms with E-state index in [1.165, 1.54) is 6.07 Å². The van der Waals surface area contributed by atoms with Gasteiger partial charge in [0.05, 0.1) is 10.9 Å². The van der Waals surface area contributed by atoms with Gasteiger partial charge in [-0.2, -0.15) is 0 Å². The number of halogens is 1. The summed E-state index contributed by atoms with van der Waals surface area (Å²) in [6.45, 7) is 3.38. The van der Waals surface area contributed by atoms with Crippen molar-refractivity contribution >= 4 is 20.9 Å². The van der Waals surface area contributed by atoms with Crippen molar-refractivity contribution in [3.05, 3.63) is 54.1 Å². The van der Waals surface area contributed by atoms with Gasteiger partial charge in [0.1, 0.15) is 5.82 Å². The van der Waals surface area contributed by atoms with Gasteiger partial charge in [-0.15, -0.1) is 0 Å². The van der Waals surface area contributed by atoms with Gasteiger partial charge in [0, 0.05) is 34.4 Å². The van der Waals surface area contributed by atoms with Crippen molar-refractivity contribution in [3.63, 3.8) is 0 Å². The van der Waals surface area contributed by atoms with E-state index in [9.17, 15) is 12.8 Å². The van der Waals surface area contributed by atoms with E-state index < -0.39 is 15.3 Å². The van der Waals surface area contributed by atoms with Gasteiger partial charge in [0.15, 0.2) is 0 Å². The number of nitrogens with zero attached hydrogens (tertiary/aromatic N) is 1. The average Bonchev–Trinajstić information content (AvgIpc) is 3.13. The molecule has 154 valence electrons. The predicted molar refractivity (Wildman–Crippen MR) is 114 cm³/mol. The van der Waals surface area contributed by atoms with Gasteiger partial charge < -0.3 is 4.98 Å². The third-order valence-corrected chi connectivity index (χ3v) is 7.72. The molecule has 0 bridgehead atoms. The fourth-order valence-electron chi connectivity index (χ4n) is 4.08. The first-order valence-corrected chi connectivity index (χ1v) is 11.6. The molecule has 0 aliphatic heterocycles. The van der Waals surface area contributed by atoms with Crippen molar-refractivity contribution < 1.29 is 12.8 Å². The maximum Gasteiger partial charge on any atom is 0.214 e. The number of nitrogens with one attached hydrogen (secondary N) is 2. The summed E-state index contributed by atoms with van der Waals surface area (Å²) in [7, 11) is -3.25. The van der Waals surface area contributed by atoms with E-state index in [-0.39, 0.29) is 11.9 Å². The number of hydrogen-bond acceptors (Lipinski definition) is 3. The van der Waals surface area contributed by atoms with Gasteiger partial charge in [0.25, 0.3) is 0 Å². The van der Waals surface area contributed by atoms with E-state index in [0.717, 1.165) is 42.3 Å². The van der Waals surface area contributed by atoms with E-state index >= 15 is 0 Å². The minimum atomic E-state index is -3.25. The zero-order chi connectivity index (χ0) is 20.6. The standard InChI is InChI=1S/C22H26FN3O2S/c1-14(2)29(27,28)26-16-8-6-15(7-9-16)21-13-17-19(25-21)11-10-18(23)22(17)20-5-3-4-12-24-20/h3-5,10-16,25-26H,6-9H2,1-2H3/t15-,16-. The fraction of sp³-hybridized carbons (Fsp3) is 0.409. The lowest BCUT2D eigenvalue weighted by molar-refractivity contribution is 0.370. The monoisotopic (exact) mass is 415 g/mol. The smallest absolute Gasteiger partial charge is 0.214 e. The molecule has 0 atom stereocenters. The molecule has 0 unspecified atom stereocenters. The number of sulfonamides is 1. The summed E-state index contributed by atoms with van der Waals surface area (Å²) in [6.07, 6.45) is 5.04. The summed E-state index contributed by atoms with van der Waals surface area (Å²) in [4.78, 5) is 7.77. The van der Waals surface area contributed by atoms with Crippen LogP contribution >= 0.6 is 0 Å². The first-order valence-electron chi connectivity index (χ1n) is 10.1. The summed E-state index contributed by atoms with van der Waals surface area (Å²) in [6, 6.07) is 10.8. The molecule has 1 aliphatic rings. The number of H-pyrrole nitrogens is 1. The maximum absolute atomic E-state index is 14.6. The third-order valence-electron chi connectivity index (χ3n) is 5.81. The van der Waals surface area contributed by atoms with Crippen LogP contribution < -0.4 is 4.72 Å². The summed E-state index contributed by atoms with van der Waals surface area (Å²) in [5, 5.41) is 0.412.